The monoisotopic (exact) mass is 275 g/mol. The van der Waals surface area contributed by atoms with Crippen molar-refractivity contribution in [1.29, 1.82) is 0 Å². The SMILES string of the molecule is OC(CNCc1ccc(F)cc1)COc1ccccc1. The van der Waals surface area contributed by atoms with E-state index in [-0.39, 0.29) is 12.4 Å². The second-order valence-electron chi connectivity index (χ2n) is 4.54. The molecule has 20 heavy (non-hydrogen) atoms. The van der Waals surface area contributed by atoms with E-state index in [0.717, 1.165) is 11.3 Å². The fraction of sp³-hybridized carbons (Fsp3) is 0.250. The molecule has 0 amide bonds. The van der Waals surface area contributed by atoms with Crippen LogP contribution in [0, 0.1) is 5.82 Å². The van der Waals surface area contributed by atoms with Crippen LogP contribution in [0.25, 0.3) is 0 Å². The lowest BCUT2D eigenvalue weighted by Gasteiger charge is -2.13. The summed E-state index contributed by atoms with van der Waals surface area (Å²) in [5, 5.41) is 12.9. The number of hydrogen-bond donors (Lipinski definition) is 2. The lowest BCUT2D eigenvalue weighted by Crippen LogP contribution is -2.31. The Kier molecular flexibility index (Phi) is 5.53. The molecular formula is C16H18FNO2. The number of aliphatic hydroxyl groups is 1. The van der Waals surface area contributed by atoms with Gasteiger partial charge in [-0.15, -0.1) is 0 Å². The van der Waals surface area contributed by atoms with E-state index in [9.17, 15) is 9.50 Å². The Morgan fingerprint density at radius 3 is 2.45 bits per heavy atom. The first-order chi connectivity index (χ1) is 9.74. The third kappa shape index (κ3) is 4.99. The molecule has 0 aliphatic heterocycles. The Balaban J connectivity index is 1.65. The number of ether oxygens (including phenoxy) is 1. The van der Waals surface area contributed by atoms with Gasteiger partial charge in [-0.25, -0.2) is 4.39 Å². The summed E-state index contributed by atoms with van der Waals surface area (Å²) in [6.07, 6.45) is -0.587. The smallest absolute Gasteiger partial charge is 0.123 e. The molecule has 0 heterocycles. The van der Waals surface area contributed by atoms with Crippen LogP contribution < -0.4 is 10.1 Å². The van der Waals surface area contributed by atoms with Crippen LogP contribution >= 0.6 is 0 Å². The van der Waals surface area contributed by atoms with E-state index in [1.165, 1.54) is 12.1 Å². The van der Waals surface area contributed by atoms with Crippen LogP contribution in [0.5, 0.6) is 5.75 Å². The third-order valence-electron chi connectivity index (χ3n) is 2.81. The van der Waals surface area contributed by atoms with E-state index >= 15 is 0 Å². The highest BCUT2D eigenvalue weighted by Crippen LogP contribution is 2.08. The van der Waals surface area contributed by atoms with Gasteiger partial charge in [-0.3, -0.25) is 0 Å². The highest BCUT2D eigenvalue weighted by Gasteiger charge is 2.04. The van der Waals surface area contributed by atoms with Crippen LogP contribution in [0.15, 0.2) is 54.6 Å². The summed E-state index contributed by atoms with van der Waals surface area (Å²) in [6.45, 7) is 1.24. The van der Waals surface area contributed by atoms with E-state index in [4.69, 9.17) is 4.74 Å². The highest BCUT2D eigenvalue weighted by molar-refractivity contribution is 5.21. The fourth-order valence-electron chi connectivity index (χ4n) is 1.75. The molecule has 4 heteroatoms. The van der Waals surface area contributed by atoms with Crippen molar-refractivity contribution in [2.24, 2.45) is 0 Å². The Morgan fingerprint density at radius 1 is 1.05 bits per heavy atom. The van der Waals surface area contributed by atoms with E-state index < -0.39 is 6.10 Å². The largest absolute Gasteiger partial charge is 0.491 e. The predicted octanol–water partition coefficient (Wildman–Crippen LogP) is 2.36. The van der Waals surface area contributed by atoms with E-state index in [1.807, 2.05) is 30.3 Å². The Morgan fingerprint density at radius 2 is 1.75 bits per heavy atom. The zero-order valence-electron chi connectivity index (χ0n) is 11.1. The van der Waals surface area contributed by atoms with Gasteiger partial charge in [-0.2, -0.15) is 0 Å². The van der Waals surface area contributed by atoms with Crippen molar-refractivity contribution in [3.8, 4) is 5.75 Å². The van der Waals surface area contributed by atoms with E-state index in [0.29, 0.717) is 13.1 Å². The van der Waals surface area contributed by atoms with Gasteiger partial charge in [0, 0.05) is 13.1 Å². The molecule has 1 atom stereocenters. The van der Waals surface area contributed by atoms with E-state index in [2.05, 4.69) is 5.32 Å². The van der Waals surface area contributed by atoms with Gasteiger partial charge in [0.2, 0.25) is 0 Å². The molecule has 0 aliphatic rings. The van der Waals surface area contributed by atoms with Crippen molar-refractivity contribution in [1.82, 2.24) is 5.32 Å². The van der Waals surface area contributed by atoms with Crippen LogP contribution in [0.3, 0.4) is 0 Å². The number of hydrogen-bond acceptors (Lipinski definition) is 3. The van der Waals surface area contributed by atoms with Crippen LogP contribution in [0.2, 0.25) is 0 Å². The molecule has 0 aliphatic carbocycles. The molecule has 2 aromatic rings. The maximum Gasteiger partial charge on any atom is 0.123 e. The summed E-state index contributed by atoms with van der Waals surface area (Å²) < 4.78 is 18.2. The molecule has 3 nitrogen and oxygen atoms in total. The number of aliphatic hydroxyl groups excluding tert-OH is 1. The number of benzene rings is 2. The summed E-state index contributed by atoms with van der Waals surface area (Å²) in [5.74, 6) is 0.495. The lowest BCUT2D eigenvalue weighted by molar-refractivity contribution is 0.106. The first-order valence-electron chi connectivity index (χ1n) is 6.55. The summed E-state index contributed by atoms with van der Waals surface area (Å²) in [7, 11) is 0. The molecule has 2 aromatic carbocycles. The maximum absolute atomic E-state index is 12.7. The van der Waals surface area contributed by atoms with Crippen molar-refractivity contribution in [3.05, 3.63) is 66.0 Å². The number of nitrogens with one attached hydrogen (secondary N) is 1. The van der Waals surface area contributed by atoms with Crippen LogP contribution in [-0.2, 0) is 6.54 Å². The van der Waals surface area contributed by atoms with Crippen molar-refractivity contribution in [2.45, 2.75) is 12.6 Å². The van der Waals surface area contributed by atoms with Crippen molar-refractivity contribution >= 4 is 0 Å². The topological polar surface area (TPSA) is 41.5 Å². The van der Waals surface area contributed by atoms with Gasteiger partial charge >= 0.3 is 0 Å². The second-order valence-corrected chi connectivity index (χ2v) is 4.54. The number of para-hydroxylation sites is 1. The Bertz CT molecular complexity index is 502. The van der Waals surface area contributed by atoms with Gasteiger partial charge in [-0.1, -0.05) is 30.3 Å². The minimum atomic E-state index is -0.587. The minimum Gasteiger partial charge on any atom is -0.491 e. The summed E-state index contributed by atoms with van der Waals surface area (Å²) in [6, 6.07) is 15.6. The minimum absolute atomic E-state index is 0.237. The Hall–Kier alpha value is -1.91. The molecule has 2 N–H and O–H groups in total. The molecular weight excluding hydrogens is 257 g/mol. The van der Waals surface area contributed by atoms with Gasteiger partial charge in [0.15, 0.2) is 0 Å². The zero-order chi connectivity index (χ0) is 14.2. The zero-order valence-corrected chi connectivity index (χ0v) is 11.1. The molecule has 0 fully saturated rings. The van der Waals surface area contributed by atoms with Crippen LogP contribution in [-0.4, -0.2) is 24.4 Å². The number of halogens is 1. The van der Waals surface area contributed by atoms with Crippen LogP contribution in [0.1, 0.15) is 5.56 Å². The molecule has 0 aromatic heterocycles. The van der Waals surface area contributed by atoms with Gasteiger partial charge in [0.05, 0.1) is 0 Å². The molecule has 2 rings (SSSR count). The van der Waals surface area contributed by atoms with Crippen molar-refractivity contribution in [3.63, 3.8) is 0 Å². The number of rotatable bonds is 7. The standard InChI is InChI=1S/C16H18FNO2/c17-14-8-6-13(7-9-14)10-18-11-15(19)12-20-16-4-2-1-3-5-16/h1-9,15,18-19H,10-12H2. The molecule has 0 bridgehead atoms. The first kappa shape index (κ1) is 14.5. The quantitative estimate of drug-likeness (QED) is 0.815. The third-order valence-corrected chi connectivity index (χ3v) is 2.81. The van der Waals surface area contributed by atoms with Crippen molar-refractivity contribution in [2.75, 3.05) is 13.2 Å². The van der Waals surface area contributed by atoms with Gasteiger partial charge in [0.1, 0.15) is 24.3 Å². The summed E-state index contributed by atoms with van der Waals surface area (Å²) >= 11 is 0. The Labute approximate surface area is 118 Å². The first-order valence-corrected chi connectivity index (χ1v) is 6.55. The summed E-state index contributed by atoms with van der Waals surface area (Å²) in [4.78, 5) is 0. The molecule has 0 saturated heterocycles. The molecule has 0 saturated carbocycles. The van der Waals surface area contributed by atoms with Crippen molar-refractivity contribution < 1.29 is 14.2 Å². The molecule has 0 radical (unpaired) electrons. The maximum atomic E-state index is 12.7. The molecule has 0 spiro atoms. The van der Waals surface area contributed by atoms with Gasteiger partial charge in [0.25, 0.3) is 0 Å². The normalized spacial score (nSPS) is 12.1. The summed E-state index contributed by atoms with van der Waals surface area (Å²) in [5.41, 5.74) is 0.975. The average molecular weight is 275 g/mol. The second kappa shape index (κ2) is 7.62. The fourth-order valence-corrected chi connectivity index (χ4v) is 1.75. The van der Waals surface area contributed by atoms with Crippen LogP contribution in [0.4, 0.5) is 4.39 Å². The van der Waals surface area contributed by atoms with Gasteiger partial charge < -0.3 is 15.2 Å². The van der Waals surface area contributed by atoms with Gasteiger partial charge in [-0.05, 0) is 29.8 Å². The predicted molar refractivity (Wildman–Crippen MR) is 76.1 cm³/mol. The molecule has 1 unspecified atom stereocenters. The molecule has 106 valence electrons. The van der Waals surface area contributed by atoms with E-state index in [1.54, 1.807) is 12.1 Å². The average Bonchev–Trinajstić information content (AvgIpc) is 2.48. The highest BCUT2D eigenvalue weighted by atomic mass is 19.1. The lowest BCUT2D eigenvalue weighted by atomic mass is 10.2.